The van der Waals surface area contributed by atoms with Crippen LogP contribution in [0.15, 0.2) is 82.2 Å². The minimum Gasteiger partial charge on any atom is -0.497 e. The number of para-hydroxylation sites is 1. The molecule has 2 aliphatic heterocycles. The summed E-state index contributed by atoms with van der Waals surface area (Å²) in [5, 5.41) is 0. The summed E-state index contributed by atoms with van der Waals surface area (Å²) in [6.07, 6.45) is 1.65. The molecule has 0 spiro atoms. The first-order valence-corrected chi connectivity index (χ1v) is 12.6. The highest BCUT2D eigenvalue weighted by molar-refractivity contribution is 7.07. The van der Waals surface area contributed by atoms with Crippen LogP contribution in [-0.4, -0.2) is 36.7 Å². The fourth-order valence-electron chi connectivity index (χ4n) is 4.75. The number of carbonyl (C=O) groups excluding carboxylic acids is 2. The monoisotopic (exact) mass is 515 g/mol. The van der Waals surface area contributed by atoms with E-state index in [0.29, 0.717) is 39.5 Å². The lowest BCUT2D eigenvalue weighted by molar-refractivity contribution is -0.139. The zero-order valence-electron chi connectivity index (χ0n) is 20.7. The van der Waals surface area contributed by atoms with E-state index < -0.39 is 17.6 Å². The Labute approximate surface area is 217 Å². The number of nitrogens with zero attached hydrogens (tertiary/aromatic N) is 3. The highest BCUT2D eigenvalue weighted by Crippen LogP contribution is 2.35. The number of anilines is 1. The van der Waals surface area contributed by atoms with Crippen molar-refractivity contribution in [1.29, 1.82) is 0 Å². The van der Waals surface area contributed by atoms with E-state index in [2.05, 4.69) is 11.6 Å². The number of rotatable bonds is 6. The number of amides is 1. The third-order valence-electron chi connectivity index (χ3n) is 6.39. The molecule has 2 aliphatic rings. The molecular formula is C28H25N3O5S. The minimum absolute atomic E-state index is 0.184. The molecular weight excluding hydrogens is 490 g/mol. The van der Waals surface area contributed by atoms with Gasteiger partial charge in [-0.3, -0.25) is 14.2 Å². The van der Waals surface area contributed by atoms with Gasteiger partial charge < -0.3 is 14.4 Å². The van der Waals surface area contributed by atoms with Gasteiger partial charge in [0.15, 0.2) is 4.80 Å². The average molecular weight is 516 g/mol. The lowest BCUT2D eigenvalue weighted by Crippen LogP contribution is -2.41. The van der Waals surface area contributed by atoms with Crippen LogP contribution < -0.4 is 24.5 Å². The van der Waals surface area contributed by atoms with Crippen molar-refractivity contribution in [2.45, 2.75) is 19.9 Å². The summed E-state index contributed by atoms with van der Waals surface area (Å²) >= 11 is 1.15. The van der Waals surface area contributed by atoms with Crippen molar-refractivity contribution in [3.05, 3.63) is 103 Å². The number of fused-ring (bicyclic) bond motifs is 2. The van der Waals surface area contributed by atoms with Crippen LogP contribution in [-0.2, 0) is 14.3 Å². The van der Waals surface area contributed by atoms with Gasteiger partial charge in [-0.25, -0.2) is 9.79 Å². The Bertz CT molecular complexity index is 1650. The Morgan fingerprint density at radius 3 is 2.57 bits per heavy atom. The number of thiazole rings is 1. The lowest BCUT2D eigenvalue weighted by atomic mass is 9.96. The zero-order valence-corrected chi connectivity index (χ0v) is 21.5. The van der Waals surface area contributed by atoms with Crippen molar-refractivity contribution >= 4 is 34.5 Å². The average Bonchev–Trinajstić information content (AvgIpc) is 3.36. The van der Waals surface area contributed by atoms with Crippen LogP contribution in [0.5, 0.6) is 5.75 Å². The molecule has 0 aliphatic carbocycles. The molecule has 9 heteroatoms. The van der Waals surface area contributed by atoms with Crippen molar-refractivity contribution in [3.8, 4) is 5.75 Å². The second kappa shape index (κ2) is 9.67. The Morgan fingerprint density at radius 2 is 1.89 bits per heavy atom. The van der Waals surface area contributed by atoms with Crippen molar-refractivity contribution in [2.24, 2.45) is 4.99 Å². The summed E-state index contributed by atoms with van der Waals surface area (Å²) in [5.41, 5.74) is 2.78. The summed E-state index contributed by atoms with van der Waals surface area (Å²) in [4.78, 5) is 47.3. The first-order chi connectivity index (χ1) is 17.9. The predicted octanol–water partition coefficient (Wildman–Crippen LogP) is 2.71. The summed E-state index contributed by atoms with van der Waals surface area (Å²) in [5.74, 6) is -0.164. The van der Waals surface area contributed by atoms with E-state index in [1.807, 2.05) is 36.4 Å². The maximum atomic E-state index is 14.1. The molecule has 5 rings (SSSR count). The molecule has 0 N–H and O–H groups in total. The molecule has 1 atom stereocenters. The van der Waals surface area contributed by atoms with E-state index in [1.165, 1.54) is 4.57 Å². The maximum Gasteiger partial charge on any atom is 0.338 e. The summed E-state index contributed by atoms with van der Waals surface area (Å²) < 4.78 is 12.4. The molecule has 1 aromatic heterocycles. The molecule has 0 saturated carbocycles. The van der Waals surface area contributed by atoms with E-state index in [1.54, 1.807) is 44.1 Å². The van der Waals surface area contributed by atoms with Crippen LogP contribution in [0, 0.1) is 0 Å². The number of benzene rings is 2. The van der Waals surface area contributed by atoms with Crippen LogP contribution in [0.3, 0.4) is 0 Å². The number of aromatic nitrogens is 1. The van der Waals surface area contributed by atoms with Gasteiger partial charge >= 0.3 is 5.97 Å². The van der Waals surface area contributed by atoms with Crippen molar-refractivity contribution < 1.29 is 19.1 Å². The molecule has 0 saturated heterocycles. The van der Waals surface area contributed by atoms with Crippen molar-refractivity contribution in [3.63, 3.8) is 0 Å². The summed E-state index contributed by atoms with van der Waals surface area (Å²) in [6.45, 7) is 7.72. The van der Waals surface area contributed by atoms with Crippen LogP contribution in [0.25, 0.3) is 5.57 Å². The molecule has 0 radical (unpaired) electrons. The highest BCUT2D eigenvalue weighted by Gasteiger charge is 2.37. The number of carbonyl (C=O) groups is 2. The van der Waals surface area contributed by atoms with E-state index in [0.717, 1.165) is 17.0 Å². The Morgan fingerprint density at radius 1 is 1.16 bits per heavy atom. The smallest absolute Gasteiger partial charge is 0.338 e. The molecule has 1 amide bonds. The van der Waals surface area contributed by atoms with Crippen LogP contribution in [0.1, 0.15) is 31.0 Å². The zero-order chi connectivity index (χ0) is 26.3. The largest absolute Gasteiger partial charge is 0.497 e. The maximum absolute atomic E-state index is 14.1. The minimum atomic E-state index is -0.772. The Kier molecular flexibility index (Phi) is 6.39. The van der Waals surface area contributed by atoms with Crippen LogP contribution >= 0.6 is 11.3 Å². The van der Waals surface area contributed by atoms with Gasteiger partial charge in [-0.15, -0.1) is 6.58 Å². The van der Waals surface area contributed by atoms with Gasteiger partial charge in [-0.2, -0.15) is 0 Å². The molecule has 1 unspecified atom stereocenters. The number of esters is 1. The van der Waals surface area contributed by atoms with Gasteiger partial charge in [-0.1, -0.05) is 47.7 Å². The van der Waals surface area contributed by atoms with Gasteiger partial charge in [-0.05, 0) is 37.6 Å². The van der Waals surface area contributed by atoms with Crippen LogP contribution in [0.4, 0.5) is 5.69 Å². The Balaban J connectivity index is 1.80. The second-order valence-corrected chi connectivity index (χ2v) is 9.47. The van der Waals surface area contributed by atoms with Crippen molar-refractivity contribution in [2.75, 3.05) is 25.2 Å². The first-order valence-electron chi connectivity index (χ1n) is 11.8. The lowest BCUT2D eigenvalue weighted by Gasteiger charge is -2.24. The third-order valence-corrected chi connectivity index (χ3v) is 7.44. The van der Waals surface area contributed by atoms with Gasteiger partial charge in [0, 0.05) is 12.1 Å². The quantitative estimate of drug-likeness (QED) is 0.372. The van der Waals surface area contributed by atoms with E-state index in [-0.39, 0.29) is 22.6 Å². The molecule has 2 aromatic carbocycles. The Hall–Kier alpha value is -4.24. The number of ether oxygens (including phenoxy) is 2. The van der Waals surface area contributed by atoms with E-state index >= 15 is 0 Å². The molecule has 37 heavy (non-hydrogen) atoms. The van der Waals surface area contributed by atoms with Crippen LogP contribution in [0.2, 0.25) is 0 Å². The molecule has 0 fully saturated rings. The number of hydrogen-bond acceptors (Lipinski definition) is 7. The van der Waals surface area contributed by atoms with Gasteiger partial charge in [0.1, 0.15) is 10.3 Å². The van der Waals surface area contributed by atoms with Gasteiger partial charge in [0.05, 0.1) is 42.3 Å². The predicted molar refractivity (Wildman–Crippen MR) is 141 cm³/mol. The molecule has 3 aromatic rings. The molecule has 0 bridgehead atoms. The topological polar surface area (TPSA) is 90.2 Å². The standard InChI is InChI=1S/C28H25N3O5S/c1-5-15-30-20-10-8-7-9-19(20)22(25(30)32)24-26(33)31-23(17-11-13-18(35-4)14-12-17)21(27(34)36-6-2)16(3)29-28(31)37-24/h5,7-14,23H,1,6,15H2,2-4H3. The molecule has 188 valence electrons. The number of hydrogen-bond donors (Lipinski definition) is 0. The summed E-state index contributed by atoms with van der Waals surface area (Å²) in [7, 11) is 1.57. The molecule has 8 nitrogen and oxygen atoms in total. The highest BCUT2D eigenvalue weighted by atomic mass is 32.1. The normalized spacial score (nSPS) is 17.8. The molecule has 3 heterocycles. The first kappa shape index (κ1) is 24.5. The fourth-order valence-corrected chi connectivity index (χ4v) is 5.89. The number of allylic oxidation sites excluding steroid dienone is 1. The van der Waals surface area contributed by atoms with Crippen molar-refractivity contribution in [1.82, 2.24) is 4.57 Å². The second-order valence-electron chi connectivity index (χ2n) is 8.49. The third kappa shape index (κ3) is 3.92. The SMILES string of the molecule is C=CCN1C(=O)C(=c2sc3n(c2=O)C(c2ccc(OC)cc2)C(C(=O)OCC)=C(C)N=3)c2ccccc21. The fraction of sp³-hybridized carbons (Fsp3) is 0.214. The van der Waals surface area contributed by atoms with E-state index in [4.69, 9.17) is 9.47 Å². The summed E-state index contributed by atoms with van der Waals surface area (Å²) in [6, 6.07) is 13.8. The van der Waals surface area contributed by atoms with E-state index in [9.17, 15) is 14.4 Å². The van der Waals surface area contributed by atoms with Gasteiger partial charge in [0.2, 0.25) is 0 Å². The number of methoxy groups -OCH3 is 1. The van der Waals surface area contributed by atoms with Gasteiger partial charge in [0.25, 0.3) is 11.5 Å².